The fourth-order valence-corrected chi connectivity index (χ4v) is 20.7. The van der Waals surface area contributed by atoms with Crippen molar-refractivity contribution in [2.45, 2.75) is 43.5 Å². The fraction of sp³-hybridized carbons (Fsp3) is 0.225. The predicted molar refractivity (Wildman–Crippen MR) is 442 cm³/mol. The second-order valence-corrected chi connectivity index (χ2v) is 32.1. The molecule has 3 unspecified atom stereocenters. The topological polar surface area (TPSA) is 271 Å². The van der Waals surface area contributed by atoms with Crippen molar-refractivity contribution >= 4 is 69.8 Å². The highest BCUT2D eigenvalue weighted by atomic mass is 32.1. The first-order valence-electron chi connectivity index (χ1n) is 38.8. The van der Waals surface area contributed by atoms with E-state index in [1.165, 1.54) is 62.7 Å². The summed E-state index contributed by atoms with van der Waals surface area (Å²) >= 11 is 4.74. The van der Waals surface area contributed by atoms with Crippen LogP contribution in [0, 0.1) is 17.5 Å². The average molecular weight is 1710 g/mol. The van der Waals surface area contributed by atoms with Crippen LogP contribution < -0.4 is 45.5 Å². The number of fused-ring (bicyclic) bond motifs is 21. The summed E-state index contributed by atoms with van der Waals surface area (Å²) in [6, 6.07) is 46.5. The van der Waals surface area contributed by atoms with Crippen molar-refractivity contribution < 1.29 is 84.6 Å². The molecule has 0 spiro atoms. The van der Waals surface area contributed by atoms with E-state index in [2.05, 4.69) is 9.47 Å². The van der Waals surface area contributed by atoms with Crippen LogP contribution in [0.25, 0.3) is 64.7 Å². The molecule has 3 saturated heterocycles. The van der Waals surface area contributed by atoms with Gasteiger partial charge in [-0.05, 0) is 137 Å². The van der Waals surface area contributed by atoms with Gasteiger partial charge in [0.2, 0.25) is 34.6 Å². The first-order chi connectivity index (χ1) is 59.4. The third-order valence-corrected chi connectivity index (χ3v) is 25.8. The van der Waals surface area contributed by atoms with Gasteiger partial charge in [-0.15, -0.1) is 34.0 Å². The summed E-state index contributed by atoms with van der Waals surface area (Å²) in [5.41, 5.74) is 11.5. The number of hydrogen-bond acceptors (Lipinski definition) is 24. The Labute approximate surface area is 703 Å². The number of esters is 2. The van der Waals surface area contributed by atoms with Crippen molar-refractivity contribution in [3.63, 3.8) is 0 Å². The van der Waals surface area contributed by atoms with E-state index < -0.39 is 108 Å². The van der Waals surface area contributed by atoms with Gasteiger partial charge in [-0.25, -0.2) is 22.8 Å². The van der Waals surface area contributed by atoms with Crippen LogP contribution in [-0.4, -0.2) is 170 Å². The van der Waals surface area contributed by atoms with Crippen molar-refractivity contribution in [2.24, 2.45) is 0 Å². The number of nitrogens with zero attached hydrogens (tertiary/aromatic N) is 9. The van der Waals surface area contributed by atoms with Crippen LogP contribution in [0.1, 0.15) is 89.9 Å². The average Bonchev–Trinajstić information content (AvgIpc) is 1.31. The number of hydrogen-bond donors (Lipinski definition) is 0. The maximum Gasteiger partial charge on any atom is 0.513 e. The zero-order valence-corrected chi connectivity index (χ0v) is 67.5. The highest BCUT2D eigenvalue weighted by Gasteiger charge is 2.51. The normalized spacial score (nSPS) is 18.9. The molecule has 0 N–H and O–H groups in total. The molecule has 3 aliphatic carbocycles. The maximum atomic E-state index is 14.8. The Hall–Kier alpha value is -13.4. The summed E-state index contributed by atoms with van der Waals surface area (Å²) in [5.74, 6) is -4.49. The van der Waals surface area contributed by atoms with E-state index in [4.69, 9.17) is 33.2 Å². The van der Waals surface area contributed by atoms with E-state index in [9.17, 15) is 56.3 Å². The Morgan fingerprint density at radius 1 is 0.410 bits per heavy atom. The lowest BCUT2D eigenvalue weighted by Gasteiger charge is -2.51. The molecule has 33 heteroatoms. The van der Waals surface area contributed by atoms with Crippen molar-refractivity contribution in [3.8, 4) is 82.0 Å². The number of carbonyl (C=O) groups excluding carboxylic acids is 6. The summed E-state index contributed by atoms with van der Waals surface area (Å²) in [7, 11) is 2.34. The van der Waals surface area contributed by atoms with Gasteiger partial charge in [0, 0.05) is 94.7 Å². The predicted octanol–water partition coefficient (Wildman–Crippen LogP) is 12.3. The minimum Gasteiger partial charge on any atom is -0.475 e. The number of benzene rings is 6. The lowest BCUT2D eigenvalue weighted by Crippen LogP contribution is -2.66. The number of rotatable bonds is 10. The number of carbonyl (C=O) groups is 6. The van der Waals surface area contributed by atoms with Crippen LogP contribution in [0.5, 0.6) is 17.2 Å². The number of thiophene rings is 3. The summed E-state index contributed by atoms with van der Waals surface area (Å²) in [4.78, 5) is 124. The smallest absolute Gasteiger partial charge is 0.475 e. The first-order valence-corrected chi connectivity index (χ1v) is 41.4. The molecule has 3 fully saturated rings. The first kappa shape index (κ1) is 78.4. The highest BCUT2D eigenvalue weighted by Crippen LogP contribution is 2.55. The number of halogens is 3. The van der Waals surface area contributed by atoms with E-state index in [-0.39, 0.29) is 78.9 Å². The minimum atomic E-state index is -1.11. The summed E-state index contributed by atoms with van der Waals surface area (Å²) < 4.78 is 97.5. The monoisotopic (exact) mass is 1710 g/mol. The van der Waals surface area contributed by atoms with Gasteiger partial charge in [-0.1, -0.05) is 91.0 Å². The van der Waals surface area contributed by atoms with E-state index in [1.54, 1.807) is 105 Å². The summed E-state index contributed by atoms with van der Waals surface area (Å²) in [5, 5.41) is 11.9. The number of amides is 3. The third-order valence-electron chi connectivity index (χ3n) is 22.9. The molecule has 6 aliphatic heterocycles. The van der Waals surface area contributed by atoms with E-state index >= 15 is 0 Å². The van der Waals surface area contributed by atoms with Crippen LogP contribution in [0.2, 0.25) is 0 Å². The van der Waals surface area contributed by atoms with Gasteiger partial charge in [0.25, 0.3) is 17.7 Å². The molecule has 27 nitrogen and oxygen atoms in total. The molecule has 0 bridgehead atoms. The Morgan fingerprint density at radius 3 is 1.11 bits per heavy atom. The molecule has 12 aromatic rings. The number of ether oxygens (including phenoxy) is 9. The van der Waals surface area contributed by atoms with Crippen molar-refractivity contribution in [1.82, 2.24) is 28.7 Å². The SMILES string of the molecule is CC(=O)OCOc1c2n(ccc1=O)N(C1c3ccc(F)cc3-c3ccsc3-c3ccccc31)[C@@H]1COCCN1C2=O.COC(=O)COc1c2n(ccc1=O)N(C1c3ccc(F)cc3-c3ccsc3-c3ccccc31)[C@@H]1COCCN1C2=O.COC(=O)Oc1c2n(ccc1=O)N(C1c3ccc(F)cc3-c3ccsc3-c3ccccc31)[C@@H]1COCCN1C2=O. The van der Waals surface area contributed by atoms with E-state index in [0.29, 0.717) is 26.4 Å². The maximum absolute atomic E-state index is 14.8. The van der Waals surface area contributed by atoms with Crippen molar-refractivity contribution in [1.29, 1.82) is 0 Å². The van der Waals surface area contributed by atoms with Gasteiger partial charge >= 0.3 is 18.1 Å². The second-order valence-electron chi connectivity index (χ2n) is 29.4. The minimum absolute atomic E-state index is 0.000265. The van der Waals surface area contributed by atoms with Gasteiger partial charge in [0.1, 0.15) is 35.9 Å². The van der Waals surface area contributed by atoms with Crippen LogP contribution in [0.15, 0.2) is 213 Å². The molecule has 0 radical (unpaired) electrons. The molecule has 12 heterocycles. The van der Waals surface area contributed by atoms with Crippen molar-refractivity contribution in [2.75, 3.05) is 102 Å². The summed E-state index contributed by atoms with van der Waals surface area (Å²) in [6.07, 6.45) is 1.81. The fourth-order valence-electron chi connectivity index (χ4n) is 17.8. The molecular formula is C89H70F3N9O18S3. The van der Waals surface area contributed by atoms with E-state index in [0.717, 1.165) is 105 Å². The highest BCUT2D eigenvalue weighted by molar-refractivity contribution is 7.15. The Morgan fingerprint density at radius 2 is 0.754 bits per heavy atom. The number of morpholine rings is 3. The molecule has 0 saturated carbocycles. The Bertz CT molecular complexity index is 6500. The molecule has 6 atom stereocenters. The molecule has 3 amide bonds. The molecular weight excluding hydrogens is 1640 g/mol. The summed E-state index contributed by atoms with van der Waals surface area (Å²) in [6.45, 7) is 2.62. The number of methoxy groups -OCH3 is 2. The third kappa shape index (κ3) is 13.2. The molecule has 122 heavy (non-hydrogen) atoms. The van der Waals surface area contributed by atoms with Crippen LogP contribution >= 0.6 is 34.0 Å². The molecule has 618 valence electrons. The van der Waals surface area contributed by atoms with E-state index in [1.807, 2.05) is 122 Å². The molecule has 6 aromatic heterocycles. The van der Waals surface area contributed by atoms with Gasteiger partial charge in [0.05, 0.1) is 72.0 Å². The molecule has 21 rings (SSSR count). The van der Waals surface area contributed by atoms with Gasteiger partial charge < -0.3 is 57.3 Å². The van der Waals surface area contributed by atoms with Crippen molar-refractivity contribution in [3.05, 3.63) is 297 Å². The largest absolute Gasteiger partial charge is 0.513 e. The van der Waals surface area contributed by atoms with Crippen LogP contribution in [-0.2, 0) is 38.0 Å². The van der Waals surface area contributed by atoms with Gasteiger partial charge in [0.15, 0.2) is 29.4 Å². The Kier molecular flexibility index (Phi) is 20.5. The van der Waals surface area contributed by atoms with Gasteiger partial charge in [-0.3, -0.25) is 62.6 Å². The number of aromatic nitrogens is 3. The van der Waals surface area contributed by atoms with Crippen LogP contribution in [0.3, 0.4) is 0 Å². The van der Waals surface area contributed by atoms with Gasteiger partial charge in [-0.2, -0.15) is 0 Å². The van der Waals surface area contributed by atoms with Crippen LogP contribution in [0.4, 0.5) is 18.0 Å². The zero-order valence-electron chi connectivity index (χ0n) is 65.0. The lowest BCUT2D eigenvalue weighted by atomic mass is 9.92. The standard InChI is InChI=1S/2C30H24FN3O6S.C29H22FN3O6S/c1-38-25(36)16-40-28-23(35)8-10-33-27(28)30(37)32-11-12-39-15-24(32)34(33)26-18-4-2-3-5-20(18)29-21(9-13-41-29)22-14-17(31)6-7-19(22)26;1-17(35)39-16-40-28-24(36)8-10-33-27(28)30(37)32-11-12-38-15-25(32)34(33)26-19-4-2-3-5-21(19)29-22(9-13-41-29)23-14-18(31)6-7-20(23)26;1-37-29(36)39-26-22(34)8-10-32-25(26)28(35)31-11-12-38-15-23(31)33(32)24-17-4-2-3-5-19(17)27-20(9-13-40-27)21-14-16(30)6-7-18(21)24/h2-10,13-14,24,26H,11-12,15-16H2,1H3;2-10,13-14,25-26H,11-12,15-16H2,1H3;2-10,13-14,23-24H,11-12,15H2,1H3/t24-,26?;25-,26?;23-,24?/m111/s1. The number of pyridine rings is 3. The molecule has 9 aliphatic rings. The quantitative estimate of drug-likeness (QED) is 0.0699. The zero-order chi connectivity index (χ0) is 84.0. The molecule has 6 aromatic carbocycles. The lowest BCUT2D eigenvalue weighted by molar-refractivity contribution is -0.147. The second kappa shape index (κ2) is 31.9. The Balaban J connectivity index is 0.000000121.